The van der Waals surface area contributed by atoms with Gasteiger partial charge in [0.1, 0.15) is 17.3 Å². The molecular formula is C21H22FN5O3. The molecule has 2 aliphatic rings. The first-order valence-electron chi connectivity index (χ1n) is 9.52. The second-order valence-electron chi connectivity index (χ2n) is 6.88. The highest BCUT2D eigenvalue weighted by Gasteiger charge is 2.28. The van der Waals surface area contributed by atoms with E-state index in [-0.39, 0.29) is 31.4 Å². The van der Waals surface area contributed by atoms with Gasteiger partial charge in [0.15, 0.2) is 6.61 Å². The number of allylic oxidation sites excluding steroid dienone is 3. The van der Waals surface area contributed by atoms with Crippen molar-refractivity contribution >= 4 is 5.91 Å². The first kappa shape index (κ1) is 19.9. The smallest absolute Gasteiger partial charge is 0.253 e. The van der Waals surface area contributed by atoms with Crippen molar-refractivity contribution in [1.29, 1.82) is 0 Å². The summed E-state index contributed by atoms with van der Waals surface area (Å²) in [7, 11) is 0. The number of hydrogen-bond donors (Lipinski definition) is 2. The molecule has 0 saturated heterocycles. The third-order valence-electron chi connectivity index (χ3n) is 4.88. The third kappa shape index (κ3) is 4.12. The van der Waals surface area contributed by atoms with Crippen molar-refractivity contribution in [1.82, 2.24) is 14.9 Å². The molecule has 30 heavy (non-hydrogen) atoms. The Balaban J connectivity index is 1.46. The van der Waals surface area contributed by atoms with E-state index >= 15 is 0 Å². The number of hydrazine groups is 1. The van der Waals surface area contributed by atoms with Gasteiger partial charge in [-0.1, -0.05) is 12.1 Å². The maximum Gasteiger partial charge on any atom is 0.253 e. The number of aromatic nitrogens is 1. The quantitative estimate of drug-likeness (QED) is 0.570. The fourth-order valence-corrected chi connectivity index (χ4v) is 3.39. The molecule has 8 nitrogen and oxygen atoms in total. The van der Waals surface area contributed by atoms with E-state index in [1.807, 2.05) is 0 Å². The molecule has 1 amide bonds. The minimum Gasteiger partial charge on any atom is -0.484 e. The van der Waals surface area contributed by atoms with Crippen LogP contribution < -0.4 is 16.3 Å². The maximum absolute atomic E-state index is 13.3. The second-order valence-corrected chi connectivity index (χ2v) is 6.88. The Morgan fingerprint density at radius 2 is 2.20 bits per heavy atom. The number of fused-ring (bicyclic) bond motifs is 1. The molecule has 0 saturated carbocycles. The van der Waals surface area contributed by atoms with Crippen molar-refractivity contribution in [3.8, 4) is 5.75 Å². The van der Waals surface area contributed by atoms with Crippen LogP contribution >= 0.6 is 0 Å². The van der Waals surface area contributed by atoms with E-state index in [0.717, 1.165) is 5.69 Å². The molecule has 0 radical (unpaired) electrons. The van der Waals surface area contributed by atoms with E-state index in [4.69, 9.17) is 20.7 Å². The molecule has 4 rings (SSSR count). The molecule has 0 unspecified atom stereocenters. The number of nitrogens with zero attached hydrogens (tertiary/aromatic N) is 3. The highest BCUT2D eigenvalue weighted by molar-refractivity contribution is 5.95. The zero-order valence-corrected chi connectivity index (χ0v) is 16.3. The van der Waals surface area contributed by atoms with Crippen molar-refractivity contribution in [3.05, 3.63) is 83.1 Å². The van der Waals surface area contributed by atoms with Gasteiger partial charge < -0.3 is 19.8 Å². The summed E-state index contributed by atoms with van der Waals surface area (Å²) in [5, 5.41) is 1.38. The van der Waals surface area contributed by atoms with Crippen LogP contribution in [-0.4, -0.2) is 33.9 Å². The molecule has 0 aliphatic carbocycles. The van der Waals surface area contributed by atoms with E-state index in [1.54, 1.807) is 41.5 Å². The number of carbonyl (C=O) groups is 1. The van der Waals surface area contributed by atoms with Crippen LogP contribution in [0.25, 0.3) is 0 Å². The van der Waals surface area contributed by atoms with Gasteiger partial charge in [-0.15, -0.1) is 0 Å². The van der Waals surface area contributed by atoms with Crippen LogP contribution in [0.5, 0.6) is 5.75 Å². The minimum absolute atomic E-state index is 0.0620. The van der Waals surface area contributed by atoms with Crippen LogP contribution in [0, 0.1) is 5.82 Å². The van der Waals surface area contributed by atoms with E-state index in [2.05, 4.69) is 4.98 Å². The predicted octanol–water partition coefficient (Wildman–Crippen LogP) is 1.75. The van der Waals surface area contributed by atoms with E-state index in [0.29, 0.717) is 41.6 Å². The fourth-order valence-electron chi connectivity index (χ4n) is 3.39. The minimum atomic E-state index is -0.377. The van der Waals surface area contributed by atoms with Crippen molar-refractivity contribution in [2.24, 2.45) is 11.6 Å². The molecule has 0 spiro atoms. The van der Waals surface area contributed by atoms with E-state index < -0.39 is 0 Å². The van der Waals surface area contributed by atoms with E-state index in [1.165, 1.54) is 17.1 Å². The van der Waals surface area contributed by atoms with Crippen LogP contribution in [0.1, 0.15) is 17.3 Å². The van der Waals surface area contributed by atoms with Gasteiger partial charge in [0.2, 0.25) is 5.89 Å². The standard InChI is InChI=1S/C21H22FN5O3/c22-14-4-3-5-15(10-14)29-13-20-25-17-7-9-26(12-19(17)30-20)21(28)16(11-23)18-6-1-2-8-27(18)24/h1-6,8,10H,7,9,11-13,23-24H2. The number of ether oxygens (including phenoxy) is 1. The lowest BCUT2D eigenvalue weighted by Crippen LogP contribution is -2.40. The molecule has 4 N–H and O–H groups in total. The van der Waals surface area contributed by atoms with Gasteiger partial charge in [-0.2, -0.15) is 0 Å². The molecule has 1 aromatic heterocycles. The molecule has 156 valence electrons. The van der Waals surface area contributed by atoms with Crippen LogP contribution in [-0.2, 0) is 24.4 Å². The van der Waals surface area contributed by atoms with Gasteiger partial charge in [-0.3, -0.25) is 9.80 Å². The summed E-state index contributed by atoms with van der Waals surface area (Å²) in [6, 6.07) is 5.86. The predicted molar refractivity (Wildman–Crippen MR) is 107 cm³/mol. The Morgan fingerprint density at radius 3 is 2.97 bits per heavy atom. The molecule has 0 fully saturated rings. The first-order valence-corrected chi connectivity index (χ1v) is 9.52. The number of hydrogen-bond acceptors (Lipinski definition) is 7. The largest absolute Gasteiger partial charge is 0.484 e. The Kier molecular flexibility index (Phi) is 5.64. The monoisotopic (exact) mass is 411 g/mol. The molecule has 1 aromatic carbocycles. The Hall–Kier alpha value is -3.43. The lowest BCUT2D eigenvalue weighted by molar-refractivity contribution is -0.128. The molecule has 0 bridgehead atoms. The molecule has 0 atom stereocenters. The second kappa shape index (κ2) is 8.52. The Morgan fingerprint density at radius 1 is 1.33 bits per heavy atom. The van der Waals surface area contributed by atoms with Crippen LogP contribution in [0.15, 0.2) is 64.4 Å². The highest BCUT2D eigenvalue weighted by atomic mass is 19.1. The van der Waals surface area contributed by atoms with Gasteiger partial charge >= 0.3 is 0 Å². The third-order valence-corrected chi connectivity index (χ3v) is 4.88. The van der Waals surface area contributed by atoms with Crippen LogP contribution in [0.2, 0.25) is 0 Å². The average molecular weight is 411 g/mol. The SMILES string of the molecule is NCC(C(=O)N1CCc2nc(COc3cccc(F)c3)oc2C1)=C1C=CC=CN1N. The fraction of sp³-hybridized carbons (Fsp3) is 0.238. The van der Waals surface area contributed by atoms with Crippen molar-refractivity contribution in [2.75, 3.05) is 13.1 Å². The number of amides is 1. The molecule has 9 heteroatoms. The first-order chi connectivity index (χ1) is 14.5. The normalized spacial score (nSPS) is 17.2. The lowest BCUT2D eigenvalue weighted by atomic mass is 10.1. The number of rotatable bonds is 5. The maximum atomic E-state index is 13.3. The van der Waals surface area contributed by atoms with Crippen molar-refractivity contribution in [2.45, 2.75) is 19.6 Å². The Labute approximate surface area is 172 Å². The zero-order valence-electron chi connectivity index (χ0n) is 16.3. The summed E-state index contributed by atoms with van der Waals surface area (Å²) < 4.78 is 24.6. The summed E-state index contributed by atoms with van der Waals surface area (Å²) in [6.07, 6.45) is 7.55. The van der Waals surface area contributed by atoms with Crippen LogP contribution in [0.4, 0.5) is 4.39 Å². The highest BCUT2D eigenvalue weighted by Crippen LogP contribution is 2.24. The molecule has 2 aliphatic heterocycles. The number of halogens is 1. The topological polar surface area (TPSA) is 111 Å². The molecular weight excluding hydrogens is 389 g/mol. The molecule has 2 aromatic rings. The van der Waals surface area contributed by atoms with Crippen molar-refractivity contribution in [3.63, 3.8) is 0 Å². The average Bonchev–Trinajstić information content (AvgIpc) is 3.16. The Bertz CT molecular complexity index is 1040. The van der Waals surface area contributed by atoms with Crippen LogP contribution in [0.3, 0.4) is 0 Å². The van der Waals surface area contributed by atoms with E-state index in [9.17, 15) is 9.18 Å². The van der Waals surface area contributed by atoms with Gasteiger partial charge in [-0.25, -0.2) is 15.2 Å². The van der Waals surface area contributed by atoms with Gasteiger partial charge in [-0.05, 0) is 24.3 Å². The number of nitrogens with two attached hydrogens (primary N) is 2. The summed E-state index contributed by atoms with van der Waals surface area (Å²) in [5.41, 5.74) is 7.64. The van der Waals surface area contributed by atoms with Gasteiger partial charge in [0.25, 0.3) is 5.91 Å². The lowest BCUT2D eigenvalue weighted by Gasteiger charge is -2.28. The summed E-state index contributed by atoms with van der Waals surface area (Å²) in [6.45, 7) is 0.903. The summed E-state index contributed by atoms with van der Waals surface area (Å²) >= 11 is 0. The van der Waals surface area contributed by atoms with Gasteiger partial charge in [0, 0.05) is 31.8 Å². The summed E-state index contributed by atoms with van der Waals surface area (Å²) in [5.74, 6) is 6.75. The number of oxazole rings is 1. The van der Waals surface area contributed by atoms with Gasteiger partial charge in [0.05, 0.1) is 23.5 Å². The molecule has 3 heterocycles. The number of carbonyl (C=O) groups excluding carboxylic acids is 1. The summed E-state index contributed by atoms with van der Waals surface area (Å²) in [4.78, 5) is 19.2. The number of benzene rings is 1. The van der Waals surface area contributed by atoms with Crippen molar-refractivity contribution < 1.29 is 18.3 Å². The zero-order chi connectivity index (χ0) is 21.1.